The fourth-order valence-electron chi connectivity index (χ4n) is 7.51. The molecule has 0 N–H and O–H groups in total. The molecule has 3 nitrogen and oxygen atoms in total. The molecular weight excluding hydrogens is 336 g/mol. The summed E-state index contributed by atoms with van der Waals surface area (Å²) in [5.74, 6) is 2.31. The van der Waals surface area contributed by atoms with Crippen molar-refractivity contribution in [2.45, 2.75) is 77.9 Å². The van der Waals surface area contributed by atoms with Gasteiger partial charge in [-0.15, -0.1) is 0 Å². The molecule has 0 amide bonds. The van der Waals surface area contributed by atoms with Crippen LogP contribution >= 0.6 is 0 Å². The molecule has 2 saturated carbocycles. The van der Waals surface area contributed by atoms with Crippen LogP contribution in [0.25, 0.3) is 0 Å². The van der Waals surface area contributed by atoms with Crippen molar-refractivity contribution in [2.75, 3.05) is 0 Å². The summed E-state index contributed by atoms with van der Waals surface area (Å²) >= 11 is 0. The second kappa shape index (κ2) is 5.52. The fraction of sp³-hybridized carbons (Fsp3) is 0.708. The highest BCUT2D eigenvalue weighted by Crippen LogP contribution is 2.74. The number of hydrogen-bond donors (Lipinski definition) is 0. The minimum atomic E-state index is -0.208. The van der Waals surface area contributed by atoms with Crippen LogP contribution < -0.4 is 0 Å². The smallest absolute Gasteiger partial charge is 0.338 e. The van der Waals surface area contributed by atoms with Crippen molar-refractivity contribution in [2.24, 2.45) is 29.1 Å². The van der Waals surface area contributed by atoms with E-state index in [-0.39, 0.29) is 23.1 Å². The van der Waals surface area contributed by atoms with Crippen LogP contribution in [0.2, 0.25) is 0 Å². The van der Waals surface area contributed by atoms with Crippen LogP contribution in [-0.2, 0) is 14.3 Å². The Balaban J connectivity index is 1.62. The lowest BCUT2D eigenvalue weighted by Crippen LogP contribution is -2.69. The van der Waals surface area contributed by atoms with Crippen LogP contribution in [0, 0.1) is 29.1 Å². The molecule has 2 heterocycles. The minimum absolute atomic E-state index is 0.0290. The Kier molecular flexibility index (Phi) is 3.59. The zero-order valence-corrected chi connectivity index (χ0v) is 17.1. The van der Waals surface area contributed by atoms with E-state index in [1.807, 2.05) is 6.92 Å². The van der Waals surface area contributed by atoms with Crippen LogP contribution in [0.15, 0.2) is 35.1 Å². The first kappa shape index (κ1) is 17.6. The lowest BCUT2D eigenvalue weighted by atomic mass is 9.42. The Morgan fingerprint density at radius 1 is 1.15 bits per heavy atom. The average molecular weight is 369 g/mol. The zero-order chi connectivity index (χ0) is 19.1. The van der Waals surface area contributed by atoms with Crippen molar-refractivity contribution < 1.29 is 14.3 Å². The van der Waals surface area contributed by atoms with Gasteiger partial charge in [0.05, 0.1) is 5.57 Å². The SMILES string of the molecule is C=C1CC/C=C(/C)CC[C@H]2[C@H]1[C@H]1OC(=O)C3=C(C)OC(C)(C)[C@H]4CC[C@@]12[C@H]34. The maximum Gasteiger partial charge on any atom is 0.338 e. The number of rotatable bonds is 0. The summed E-state index contributed by atoms with van der Waals surface area (Å²) in [6, 6.07) is 0. The first-order valence-corrected chi connectivity index (χ1v) is 10.7. The van der Waals surface area contributed by atoms with Gasteiger partial charge in [0.15, 0.2) is 0 Å². The average Bonchev–Trinajstić information content (AvgIpc) is 3.00. The summed E-state index contributed by atoms with van der Waals surface area (Å²) < 4.78 is 12.4. The molecule has 1 saturated heterocycles. The van der Waals surface area contributed by atoms with E-state index in [0.717, 1.165) is 43.4 Å². The largest absolute Gasteiger partial charge is 0.492 e. The molecule has 0 aromatic carbocycles. The van der Waals surface area contributed by atoms with Crippen molar-refractivity contribution in [1.29, 1.82) is 0 Å². The molecule has 2 aliphatic heterocycles. The van der Waals surface area contributed by atoms with Gasteiger partial charge in [0.25, 0.3) is 0 Å². The first-order valence-electron chi connectivity index (χ1n) is 10.7. The quantitative estimate of drug-likeness (QED) is 0.428. The molecule has 3 heteroatoms. The summed E-state index contributed by atoms with van der Waals surface area (Å²) in [4.78, 5) is 13.0. The number of hydrogen-bond acceptors (Lipinski definition) is 3. The van der Waals surface area contributed by atoms with Gasteiger partial charge < -0.3 is 9.47 Å². The van der Waals surface area contributed by atoms with Gasteiger partial charge in [0.1, 0.15) is 17.5 Å². The van der Waals surface area contributed by atoms with Gasteiger partial charge in [0, 0.05) is 23.2 Å². The number of allylic oxidation sites excluding steroid dienone is 3. The van der Waals surface area contributed by atoms with Crippen LogP contribution in [0.5, 0.6) is 0 Å². The van der Waals surface area contributed by atoms with E-state index in [9.17, 15) is 4.79 Å². The third-order valence-corrected chi connectivity index (χ3v) is 8.58. The standard InChI is InChI=1S/C24H32O3/c1-13-7-6-8-14(2)18-16(10-9-13)24-12-11-17-20(24)19(22(25)26-21(18)24)15(3)27-23(17,4)5/h7,16-18,20-21H,2,6,8-12H2,1,3-5H3/b13-7-/t16-,17-,18-,20-,21+,24+/m0/s1. The van der Waals surface area contributed by atoms with Gasteiger partial charge in [-0.1, -0.05) is 23.8 Å². The summed E-state index contributed by atoms with van der Waals surface area (Å²) in [7, 11) is 0. The van der Waals surface area contributed by atoms with E-state index < -0.39 is 0 Å². The third kappa shape index (κ3) is 2.12. The normalized spacial score (nSPS) is 47.0. The number of carbonyl (C=O) groups excluding carboxylic acids is 1. The van der Waals surface area contributed by atoms with Gasteiger partial charge in [-0.25, -0.2) is 4.79 Å². The molecule has 5 aliphatic rings. The van der Waals surface area contributed by atoms with E-state index in [2.05, 4.69) is 33.4 Å². The summed E-state index contributed by atoms with van der Waals surface area (Å²) in [5, 5.41) is 0. The van der Waals surface area contributed by atoms with E-state index >= 15 is 0 Å². The molecule has 146 valence electrons. The maximum atomic E-state index is 13.0. The highest BCUT2D eigenvalue weighted by atomic mass is 16.6. The summed E-state index contributed by atoms with van der Waals surface area (Å²) in [5.41, 5.74) is 3.55. The molecule has 1 spiro atoms. The van der Waals surface area contributed by atoms with E-state index in [0.29, 0.717) is 23.7 Å². The van der Waals surface area contributed by atoms with E-state index in [4.69, 9.17) is 9.47 Å². The first-order chi connectivity index (χ1) is 12.8. The molecule has 0 aromatic heterocycles. The molecule has 5 rings (SSSR count). The predicted molar refractivity (Wildman–Crippen MR) is 105 cm³/mol. The molecule has 3 aliphatic carbocycles. The third-order valence-electron chi connectivity index (χ3n) is 8.58. The number of fused-ring (bicyclic) bond motifs is 2. The molecule has 6 atom stereocenters. The van der Waals surface area contributed by atoms with Crippen LogP contribution in [0.1, 0.15) is 66.2 Å². The molecule has 3 fully saturated rings. The van der Waals surface area contributed by atoms with Gasteiger partial charge in [-0.2, -0.15) is 0 Å². The highest BCUT2D eigenvalue weighted by Gasteiger charge is 2.75. The van der Waals surface area contributed by atoms with E-state index in [1.54, 1.807) is 0 Å². The van der Waals surface area contributed by atoms with Crippen molar-refractivity contribution in [1.82, 2.24) is 0 Å². The Labute approximate surface area is 162 Å². The number of ether oxygens (including phenoxy) is 2. The lowest BCUT2D eigenvalue weighted by Gasteiger charge is -2.66. The second-order valence-corrected chi connectivity index (χ2v) is 10.2. The van der Waals surface area contributed by atoms with Gasteiger partial charge in [-0.3, -0.25) is 0 Å². The molecule has 27 heavy (non-hydrogen) atoms. The topological polar surface area (TPSA) is 35.5 Å². The summed E-state index contributed by atoms with van der Waals surface area (Å²) in [6.45, 7) is 13.1. The van der Waals surface area contributed by atoms with Crippen molar-refractivity contribution in [3.63, 3.8) is 0 Å². The number of carbonyl (C=O) groups is 1. The van der Waals surface area contributed by atoms with Crippen LogP contribution in [-0.4, -0.2) is 17.7 Å². The zero-order valence-electron chi connectivity index (χ0n) is 17.1. The highest BCUT2D eigenvalue weighted by molar-refractivity contribution is 5.92. The van der Waals surface area contributed by atoms with Crippen molar-refractivity contribution in [3.05, 3.63) is 35.1 Å². The Bertz CT molecular complexity index is 785. The Morgan fingerprint density at radius 3 is 2.70 bits per heavy atom. The molecule has 0 bridgehead atoms. The van der Waals surface area contributed by atoms with Gasteiger partial charge in [0.2, 0.25) is 0 Å². The lowest BCUT2D eigenvalue weighted by molar-refractivity contribution is -0.237. The minimum Gasteiger partial charge on any atom is -0.492 e. The molecule has 0 radical (unpaired) electrons. The summed E-state index contributed by atoms with van der Waals surface area (Å²) in [6.07, 6.45) is 9.14. The fourth-order valence-corrected chi connectivity index (χ4v) is 7.51. The molecule has 0 unspecified atom stereocenters. The maximum absolute atomic E-state index is 13.0. The second-order valence-electron chi connectivity index (χ2n) is 10.2. The van der Waals surface area contributed by atoms with Crippen molar-refractivity contribution >= 4 is 5.97 Å². The van der Waals surface area contributed by atoms with Crippen LogP contribution in [0.3, 0.4) is 0 Å². The Hall–Kier alpha value is -1.51. The molecule has 0 aromatic rings. The van der Waals surface area contributed by atoms with E-state index in [1.165, 1.54) is 17.6 Å². The van der Waals surface area contributed by atoms with Gasteiger partial charge >= 0.3 is 5.97 Å². The van der Waals surface area contributed by atoms with Crippen LogP contribution in [0.4, 0.5) is 0 Å². The van der Waals surface area contributed by atoms with Gasteiger partial charge in [-0.05, 0) is 72.1 Å². The Morgan fingerprint density at radius 2 is 1.93 bits per heavy atom. The van der Waals surface area contributed by atoms with Crippen molar-refractivity contribution in [3.8, 4) is 0 Å². The number of esters is 1. The predicted octanol–water partition coefficient (Wildman–Crippen LogP) is 5.33. The molecular formula is C24H32O3. The monoisotopic (exact) mass is 368 g/mol.